The number of methoxy groups -OCH3 is 1. The third-order valence-corrected chi connectivity index (χ3v) is 5.94. The van der Waals surface area contributed by atoms with Gasteiger partial charge in [-0.25, -0.2) is 0 Å². The van der Waals surface area contributed by atoms with Crippen LogP contribution >= 0.6 is 0 Å². The van der Waals surface area contributed by atoms with Crippen molar-refractivity contribution in [1.82, 2.24) is 14.8 Å². The average Bonchev–Trinajstić information content (AvgIpc) is 2.82. The Morgan fingerprint density at radius 3 is 2.62 bits per heavy atom. The molecule has 1 aromatic carbocycles. The highest BCUT2D eigenvalue weighted by Gasteiger charge is 2.31. The highest BCUT2D eigenvalue weighted by Crippen LogP contribution is 2.27. The number of amides is 3. The Labute approximate surface area is 200 Å². The molecule has 1 aliphatic rings. The standard InChI is InChI=1S/C25H32N4O5/c1-16-13-29(24(31)19-7-6-10-26-12-19)17(2)15-34-22-11-20(27-18(3)30)8-9-21(22)25(32)28(4)14-23(16)33-5/h6-12,16-17,23H,13-15H2,1-5H3,(H,27,30)/t16-,17+,23+/m0/s1. The van der Waals surface area contributed by atoms with Crippen molar-refractivity contribution in [1.29, 1.82) is 0 Å². The number of anilines is 1. The van der Waals surface area contributed by atoms with Gasteiger partial charge in [-0.1, -0.05) is 6.92 Å². The Morgan fingerprint density at radius 2 is 1.97 bits per heavy atom. The summed E-state index contributed by atoms with van der Waals surface area (Å²) in [6, 6.07) is 8.09. The molecule has 1 aliphatic heterocycles. The van der Waals surface area contributed by atoms with Gasteiger partial charge in [0.05, 0.1) is 23.3 Å². The normalized spacial score (nSPS) is 21.6. The van der Waals surface area contributed by atoms with Gasteiger partial charge in [0.25, 0.3) is 11.8 Å². The maximum Gasteiger partial charge on any atom is 0.257 e. The van der Waals surface area contributed by atoms with Crippen LogP contribution in [0.3, 0.4) is 0 Å². The number of carbonyl (C=O) groups excluding carboxylic acids is 3. The van der Waals surface area contributed by atoms with Crippen LogP contribution in [0.4, 0.5) is 5.69 Å². The van der Waals surface area contributed by atoms with E-state index in [-0.39, 0.29) is 42.4 Å². The highest BCUT2D eigenvalue weighted by atomic mass is 16.5. The molecule has 1 N–H and O–H groups in total. The van der Waals surface area contributed by atoms with Crippen LogP contribution in [0.1, 0.15) is 41.5 Å². The molecule has 34 heavy (non-hydrogen) atoms. The van der Waals surface area contributed by atoms with E-state index in [0.717, 1.165) is 0 Å². The van der Waals surface area contributed by atoms with Crippen LogP contribution in [-0.4, -0.2) is 78.5 Å². The van der Waals surface area contributed by atoms with E-state index in [1.807, 2.05) is 13.8 Å². The first-order valence-corrected chi connectivity index (χ1v) is 11.2. The molecule has 3 amide bonds. The topological polar surface area (TPSA) is 101 Å². The maximum atomic E-state index is 13.4. The number of nitrogens with zero attached hydrogens (tertiary/aromatic N) is 3. The van der Waals surface area contributed by atoms with Crippen LogP contribution in [0.5, 0.6) is 5.75 Å². The number of aromatic nitrogens is 1. The molecule has 9 nitrogen and oxygen atoms in total. The van der Waals surface area contributed by atoms with Crippen LogP contribution in [0, 0.1) is 5.92 Å². The summed E-state index contributed by atoms with van der Waals surface area (Å²) in [5, 5.41) is 2.71. The Bertz CT molecular complexity index is 1030. The molecule has 0 unspecified atom stereocenters. The molecule has 2 aromatic rings. The molecule has 9 heteroatoms. The number of rotatable bonds is 3. The number of fused-ring (bicyclic) bond motifs is 1. The van der Waals surface area contributed by atoms with Crippen LogP contribution in [0.15, 0.2) is 42.7 Å². The van der Waals surface area contributed by atoms with Gasteiger partial charge in [-0.2, -0.15) is 0 Å². The minimum absolute atomic E-state index is 0.0515. The van der Waals surface area contributed by atoms with Gasteiger partial charge < -0.3 is 24.6 Å². The number of benzene rings is 1. The zero-order valence-electron chi connectivity index (χ0n) is 20.3. The van der Waals surface area contributed by atoms with E-state index in [0.29, 0.717) is 35.7 Å². The van der Waals surface area contributed by atoms with E-state index in [1.165, 1.54) is 6.92 Å². The summed E-state index contributed by atoms with van der Waals surface area (Å²) in [6.45, 7) is 6.23. The van der Waals surface area contributed by atoms with Crippen molar-refractivity contribution in [3.05, 3.63) is 53.9 Å². The highest BCUT2D eigenvalue weighted by molar-refractivity contribution is 5.98. The van der Waals surface area contributed by atoms with E-state index in [9.17, 15) is 14.4 Å². The van der Waals surface area contributed by atoms with Gasteiger partial charge in [-0.15, -0.1) is 0 Å². The fourth-order valence-corrected chi connectivity index (χ4v) is 3.99. The van der Waals surface area contributed by atoms with Crippen LogP contribution in [0.2, 0.25) is 0 Å². The quantitative estimate of drug-likeness (QED) is 0.743. The summed E-state index contributed by atoms with van der Waals surface area (Å²) in [5.74, 6) is -0.305. The van der Waals surface area contributed by atoms with Crippen molar-refractivity contribution in [3.8, 4) is 5.75 Å². The summed E-state index contributed by atoms with van der Waals surface area (Å²) >= 11 is 0. The van der Waals surface area contributed by atoms with E-state index in [2.05, 4.69) is 10.3 Å². The number of ether oxygens (including phenoxy) is 2. The van der Waals surface area contributed by atoms with E-state index in [1.54, 1.807) is 66.7 Å². The van der Waals surface area contributed by atoms with Crippen molar-refractivity contribution >= 4 is 23.4 Å². The predicted molar refractivity (Wildman–Crippen MR) is 128 cm³/mol. The SMILES string of the molecule is CO[C@@H]1CN(C)C(=O)c2ccc(NC(C)=O)cc2OC[C@@H](C)N(C(=O)c2cccnc2)C[C@@H]1C. The summed E-state index contributed by atoms with van der Waals surface area (Å²) < 4.78 is 11.8. The molecule has 0 saturated heterocycles. The Morgan fingerprint density at radius 1 is 1.21 bits per heavy atom. The molecular weight excluding hydrogens is 436 g/mol. The van der Waals surface area contributed by atoms with Gasteiger partial charge in [0.1, 0.15) is 12.4 Å². The minimum atomic E-state index is -0.308. The third-order valence-electron chi connectivity index (χ3n) is 5.94. The maximum absolute atomic E-state index is 13.4. The van der Waals surface area contributed by atoms with Crippen molar-refractivity contribution in [2.75, 3.05) is 39.2 Å². The lowest BCUT2D eigenvalue weighted by atomic mass is 10.0. The molecule has 0 radical (unpaired) electrons. The third kappa shape index (κ3) is 5.91. The zero-order chi connectivity index (χ0) is 24.8. The predicted octanol–water partition coefficient (Wildman–Crippen LogP) is 2.69. The Hall–Kier alpha value is -3.46. The van der Waals surface area contributed by atoms with E-state index in [4.69, 9.17) is 9.47 Å². The number of likely N-dealkylation sites (N-methyl/N-ethyl adjacent to an activating group) is 1. The molecule has 3 atom stereocenters. The van der Waals surface area contributed by atoms with Gasteiger partial charge in [0.15, 0.2) is 0 Å². The van der Waals surface area contributed by atoms with E-state index < -0.39 is 0 Å². The zero-order valence-corrected chi connectivity index (χ0v) is 20.3. The smallest absolute Gasteiger partial charge is 0.257 e. The molecular formula is C25H32N4O5. The summed E-state index contributed by atoms with van der Waals surface area (Å²) in [4.78, 5) is 45.5. The lowest BCUT2D eigenvalue weighted by Crippen LogP contribution is -2.48. The lowest BCUT2D eigenvalue weighted by molar-refractivity contribution is -0.114. The van der Waals surface area contributed by atoms with Gasteiger partial charge in [-0.05, 0) is 31.2 Å². The first-order valence-electron chi connectivity index (χ1n) is 11.2. The number of nitrogens with one attached hydrogen (secondary N) is 1. The van der Waals surface area contributed by atoms with Gasteiger partial charge >= 0.3 is 0 Å². The van der Waals surface area contributed by atoms with E-state index >= 15 is 0 Å². The van der Waals surface area contributed by atoms with Gasteiger partial charge in [-0.3, -0.25) is 19.4 Å². The molecule has 0 bridgehead atoms. The van der Waals surface area contributed by atoms with Crippen molar-refractivity contribution < 1.29 is 23.9 Å². The molecule has 0 spiro atoms. The van der Waals surface area contributed by atoms with Crippen LogP contribution in [-0.2, 0) is 9.53 Å². The molecule has 3 rings (SSSR count). The summed E-state index contributed by atoms with van der Waals surface area (Å²) in [7, 11) is 3.32. The average molecular weight is 469 g/mol. The van der Waals surface area contributed by atoms with Crippen molar-refractivity contribution in [3.63, 3.8) is 0 Å². The molecule has 0 aliphatic carbocycles. The second-order valence-corrected chi connectivity index (χ2v) is 8.69. The Kier molecular flexibility index (Phi) is 8.22. The first kappa shape index (κ1) is 25.2. The number of carbonyl (C=O) groups is 3. The fraction of sp³-hybridized carbons (Fsp3) is 0.440. The molecule has 182 valence electrons. The number of hydrogen-bond acceptors (Lipinski definition) is 6. The lowest BCUT2D eigenvalue weighted by Gasteiger charge is -2.36. The summed E-state index contributed by atoms with van der Waals surface area (Å²) in [5.41, 5.74) is 1.38. The summed E-state index contributed by atoms with van der Waals surface area (Å²) in [6.07, 6.45) is 2.89. The first-order chi connectivity index (χ1) is 16.2. The molecule has 2 heterocycles. The van der Waals surface area contributed by atoms with Crippen molar-refractivity contribution in [2.24, 2.45) is 5.92 Å². The monoisotopic (exact) mass is 468 g/mol. The van der Waals surface area contributed by atoms with Crippen LogP contribution in [0.25, 0.3) is 0 Å². The largest absolute Gasteiger partial charge is 0.491 e. The van der Waals surface area contributed by atoms with Gasteiger partial charge in [0, 0.05) is 64.2 Å². The second kappa shape index (κ2) is 11.1. The molecule has 0 fully saturated rings. The van der Waals surface area contributed by atoms with Crippen LogP contribution < -0.4 is 10.1 Å². The van der Waals surface area contributed by atoms with Crippen molar-refractivity contribution in [2.45, 2.75) is 32.9 Å². The fourth-order valence-electron chi connectivity index (χ4n) is 3.99. The molecule has 0 saturated carbocycles. The minimum Gasteiger partial charge on any atom is -0.491 e. The second-order valence-electron chi connectivity index (χ2n) is 8.69. The number of pyridine rings is 1. The van der Waals surface area contributed by atoms with Gasteiger partial charge in [0.2, 0.25) is 5.91 Å². The number of hydrogen-bond donors (Lipinski definition) is 1. The Balaban J connectivity index is 2.00. The molecule has 1 aromatic heterocycles.